The molecule has 0 heterocycles. The third kappa shape index (κ3) is 4.32. The zero-order valence-corrected chi connectivity index (χ0v) is 9.01. The zero-order chi connectivity index (χ0) is 12.8. The lowest BCUT2D eigenvalue weighted by atomic mass is 10.0. The molecule has 1 aromatic rings. The van der Waals surface area contributed by atoms with Crippen LogP contribution in [0.4, 0.5) is 17.6 Å². The summed E-state index contributed by atoms with van der Waals surface area (Å²) >= 11 is 0. The predicted molar refractivity (Wildman–Crippen MR) is 54.7 cm³/mol. The maximum Gasteiger partial charge on any atom is 0.261 e. The normalized spacial score (nSPS) is 13.1. The Morgan fingerprint density at radius 1 is 1.18 bits per heavy atom. The van der Waals surface area contributed by atoms with Gasteiger partial charge in [-0.3, -0.25) is 0 Å². The highest BCUT2D eigenvalue weighted by atomic mass is 19.3. The molecule has 1 aromatic carbocycles. The second-order valence-electron chi connectivity index (χ2n) is 3.50. The summed E-state index contributed by atoms with van der Waals surface area (Å²) in [6.07, 6.45) is -2.48. The SMILES string of the molecule is NC(CCOCC(F)F)c1c(F)cccc1F. The maximum absolute atomic E-state index is 13.3. The van der Waals surface area contributed by atoms with Gasteiger partial charge in [0, 0.05) is 18.2 Å². The summed E-state index contributed by atoms with van der Waals surface area (Å²) in [5.74, 6) is -1.49. The maximum atomic E-state index is 13.3. The molecule has 0 aliphatic heterocycles. The number of hydrogen-bond donors (Lipinski definition) is 1. The van der Waals surface area contributed by atoms with E-state index in [4.69, 9.17) is 5.73 Å². The van der Waals surface area contributed by atoms with Gasteiger partial charge in [0.25, 0.3) is 6.43 Å². The van der Waals surface area contributed by atoms with Gasteiger partial charge in [-0.25, -0.2) is 17.6 Å². The lowest BCUT2D eigenvalue weighted by molar-refractivity contribution is 0.0151. The first-order valence-corrected chi connectivity index (χ1v) is 5.07. The predicted octanol–water partition coefficient (Wildman–Crippen LogP) is 2.64. The van der Waals surface area contributed by atoms with E-state index in [0.29, 0.717) is 0 Å². The molecule has 6 heteroatoms. The molecule has 0 aliphatic carbocycles. The van der Waals surface area contributed by atoms with Gasteiger partial charge >= 0.3 is 0 Å². The van der Waals surface area contributed by atoms with Gasteiger partial charge < -0.3 is 10.5 Å². The van der Waals surface area contributed by atoms with Crippen molar-refractivity contribution >= 4 is 0 Å². The van der Waals surface area contributed by atoms with Crippen molar-refractivity contribution in [3.63, 3.8) is 0 Å². The Labute approximate surface area is 96.4 Å². The van der Waals surface area contributed by atoms with Crippen LogP contribution in [0.3, 0.4) is 0 Å². The summed E-state index contributed by atoms with van der Waals surface area (Å²) in [6, 6.07) is 2.51. The summed E-state index contributed by atoms with van der Waals surface area (Å²) in [5, 5.41) is 0. The number of rotatable bonds is 6. The molecule has 1 rings (SSSR count). The largest absolute Gasteiger partial charge is 0.375 e. The number of hydrogen-bond acceptors (Lipinski definition) is 2. The Morgan fingerprint density at radius 3 is 2.29 bits per heavy atom. The number of alkyl halides is 2. The minimum absolute atomic E-state index is 0.0702. The van der Waals surface area contributed by atoms with E-state index >= 15 is 0 Å². The fourth-order valence-corrected chi connectivity index (χ4v) is 1.39. The molecule has 2 N–H and O–H groups in total. The van der Waals surface area contributed by atoms with Gasteiger partial charge in [0.1, 0.15) is 18.2 Å². The van der Waals surface area contributed by atoms with E-state index in [1.807, 2.05) is 0 Å². The second-order valence-corrected chi connectivity index (χ2v) is 3.50. The van der Waals surface area contributed by atoms with E-state index in [9.17, 15) is 17.6 Å². The van der Waals surface area contributed by atoms with E-state index in [-0.39, 0.29) is 18.6 Å². The Hall–Kier alpha value is -1.14. The molecule has 0 fully saturated rings. The van der Waals surface area contributed by atoms with E-state index in [0.717, 1.165) is 12.1 Å². The van der Waals surface area contributed by atoms with Crippen LogP contribution in [-0.2, 0) is 4.74 Å². The monoisotopic (exact) mass is 251 g/mol. The van der Waals surface area contributed by atoms with Crippen LogP contribution in [0.15, 0.2) is 18.2 Å². The van der Waals surface area contributed by atoms with E-state index in [1.165, 1.54) is 6.07 Å². The van der Waals surface area contributed by atoms with Crippen LogP contribution in [0.1, 0.15) is 18.0 Å². The molecule has 0 radical (unpaired) electrons. The first-order chi connectivity index (χ1) is 8.02. The molecule has 2 nitrogen and oxygen atoms in total. The molecule has 0 bridgehead atoms. The van der Waals surface area contributed by atoms with Gasteiger partial charge in [-0.1, -0.05) is 6.07 Å². The Kier molecular flexibility index (Phi) is 5.37. The third-order valence-corrected chi connectivity index (χ3v) is 2.19. The van der Waals surface area contributed by atoms with Crippen LogP contribution in [-0.4, -0.2) is 19.6 Å². The molecule has 0 saturated carbocycles. The molecule has 0 aliphatic rings. The zero-order valence-electron chi connectivity index (χ0n) is 9.01. The summed E-state index contributed by atoms with van der Waals surface area (Å²) in [5.41, 5.74) is 5.32. The molecule has 0 amide bonds. The molecule has 0 saturated heterocycles. The second kappa shape index (κ2) is 6.56. The highest BCUT2D eigenvalue weighted by Gasteiger charge is 2.16. The van der Waals surface area contributed by atoms with Crippen molar-refractivity contribution in [1.29, 1.82) is 0 Å². The summed E-state index contributed by atoms with van der Waals surface area (Å²) < 4.78 is 54.6. The number of halogens is 4. The molecule has 0 aromatic heterocycles. The summed E-state index contributed by atoms with van der Waals surface area (Å²) in [7, 11) is 0. The van der Waals surface area contributed by atoms with Gasteiger partial charge in [0.2, 0.25) is 0 Å². The Balaban J connectivity index is 2.49. The van der Waals surface area contributed by atoms with Crippen LogP contribution in [0.25, 0.3) is 0 Å². The van der Waals surface area contributed by atoms with Crippen molar-refractivity contribution in [1.82, 2.24) is 0 Å². The van der Waals surface area contributed by atoms with E-state index in [1.54, 1.807) is 0 Å². The van der Waals surface area contributed by atoms with Crippen molar-refractivity contribution in [2.24, 2.45) is 5.73 Å². The Bertz CT molecular complexity index is 339. The van der Waals surface area contributed by atoms with E-state index in [2.05, 4.69) is 4.74 Å². The molecule has 96 valence electrons. The third-order valence-electron chi connectivity index (χ3n) is 2.19. The van der Waals surface area contributed by atoms with Crippen LogP contribution in [0.2, 0.25) is 0 Å². The van der Waals surface area contributed by atoms with Crippen molar-refractivity contribution in [3.8, 4) is 0 Å². The highest BCUT2D eigenvalue weighted by Crippen LogP contribution is 2.21. The fourth-order valence-electron chi connectivity index (χ4n) is 1.39. The molecule has 17 heavy (non-hydrogen) atoms. The van der Waals surface area contributed by atoms with Crippen LogP contribution in [0.5, 0.6) is 0 Å². The van der Waals surface area contributed by atoms with Gasteiger partial charge in [0.15, 0.2) is 0 Å². The fraction of sp³-hybridized carbons (Fsp3) is 0.455. The Morgan fingerprint density at radius 2 is 1.76 bits per heavy atom. The average molecular weight is 251 g/mol. The van der Waals surface area contributed by atoms with Crippen molar-refractivity contribution in [3.05, 3.63) is 35.4 Å². The minimum atomic E-state index is -2.56. The van der Waals surface area contributed by atoms with Gasteiger partial charge in [-0.15, -0.1) is 0 Å². The molecular formula is C11H13F4NO. The number of nitrogens with two attached hydrogens (primary N) is 1. The van der Waals surface area contributed by atoms with Crippen LogP contribution >= 0.6 is 0 Å². The van der Waals surface area contributed by atoms with Crippen molar-refractivity contribution in [2.45, 2.75) is 18.9 Å². The average Bonchev–Trinajstić information content (AvgIpc) is 2.24. The molecule has 1 atom stereocenters. The number of ether oxygens (including phenoxy) is 1. The standard InChI is InChI=1S/C11H13F4NO/c12-7-2-1-3-8(13)11(7)9(16)4-5-17-6-10(14)15/h1-3,9-10H,4-6,16H2. The topological polar surface area (TPSA) is 35.2 Å². The molecule has 0 spiro atoms. The highest BCUT2D eigenvalue weighted by molar-refractivity contribution is 5.22. The first kappa shape index (κ1) is 13.9. The first-order valence-electron chi connectivity index (χ1n) is 5.07. The van der Waals surface area contributed by atoms with Crippen molar-refractivity contribution < 1.29 is 22.3 Å². The van der Waals surface area contributed by atoms with Crippen LogP contribution in [0, 0.1) is 11.6 Å². The summed E-state index contributed by atoms with van der Waals surface area (Å²) in [4.78, 5) is 0. The van der Waals surface area contributed by atoms with Gasteiger partial charge in [0.05, 0.1) is 0 Å². The van der Waals surface area contributed by atoms with E-state index < -0.39 is 30.7 Å². The summed E-state index contributed by atoms with van der Waals surface area (Å²) in [6.45, 7) is -0.772. The van der Waals surface area contributed by atoms with Crippen LogP contribution < -0.4 is 5.73 Å². The molecule has 1 unspecified atom stereocenters. The smallest absolute Gasteiger partial charge is 0.261 e. The lowest BCUT2D eigenvalue weighted by Crippen LogP contribution is -2.17. The van der Waals surface area contributed by atoms with Gasteiger partial charge in [-0.05, 0) is 18.6 Å². The minimum Gasteiger partial charge on any atom is -0.375 e. The number of benzene rings is 1. The lowest BCUT2D eigenvalue weighted by Gasteiger charge is -2.13. The van der Waals surface area contributed by atoms with Gasteiger partial charge in [-0.2, -0.15) is 0 Å². The molecular weight excluding hydrogens is 238 g/mol. The quantitative estimate of drug-likeness (QED) is 0.623. The van der Waals surface area contributed by atoms with Crippen molar-refractivity contribution in [2.75, 3.05) is 13.2 Å².